The molecule has 0 amide bonds. The molecule has 18 heavy (non-hydrogen) atoms. The number of methoxy groups -OCH3 is 1. The average molecular weight is 268 g/mol. The van der Waals surface area contributed by atoms with Gasteiger partial charge >= 0.3 is 0 Å². The van der Waals surface area contributed by atoms with Crippen LogP contribution in [0.5, 0.6) is 5.75 Å². The third-order valence-corrected chi connectivity index (χ3v) is 4.15. The standard InChI is InChI=1S/C12H16N2O3S/c1-17-12-3-2-11(14(15)16)6-9(12)7-13-10-4-5-18-8-10/h2-3,6,10,13H,4-5,7-8H2,1H3. The van der Waals surface area contributed by atoms with Gasteiger partial charge in [0.05, 0.1) is 12.0 Å². The normalized spacial score (nSPS) is 18.8. The zero-order chi connectivity index (χ0) is 13.0. The maximum atomic E-state index is 10.8. The van der Waals surface area contributed by atoms with Gasteiger partial charge in [-0.2, -0.15) is 11.8 Å². The highest BCUT2D eigenvalue weighted by atomic mass is 32.2. The minimum Gasteiger partial charge on any atom is -0.496 e. The molecule has 0 radical (unpaired) electrons. The van der Waals surface area contributed by atoms with Gasteiger partial charge in [0, 0.05) is 36.0 Å². The van der Waals surface area contributed by atoms with Gasteiger partial charge in [0.15, 0.2) is 0 Å². The van der Waals surface area contributed by atoms with Crippen molar-refractivity contribution in [3.05, 3.63) is 33.9 Å². The molecular formula is C12H16N2O3S. The van der Waals surface area contributed by atoms with Crippen LogP contribution in [0.3, 0.4) is 0 Å². The van der Waals surface area contributed by atoms with Crippen molar-refractivity contribution in [3.63, 3.8) is 0 Å². The first kappa shape index (κ1) is 13.2. The smallest absolute Gasteiger partial charge is 0.270 e. The molecule has 0 aliphatic carbocycles. The fraction of sp³-hybridized carbons (Fsp3) is 0.500. The molecule has 1 fully saturated rings. The molecule has 1 aliphatic rings. The molecule has 1 saturated heterocycles. The van der Waals surface area contributed by atoms with Gasteiger partial charge in [-0.05, 0) is 18.2 Å². The molecule has 1 heterocycles. The van der Waals surface area contributed by atoms with Crippen LogP contribution >= 0.6 is 11.8 Å². The highest BCUT2D eigenvalue weighted by Gasteiger charge is 2.16. The number of nitrogens with zero attached hydrogens (tertiary/aromatic N) is 1. The lowest BCUT2D eigenvalue weighted by Gasteiger charge is -2.13. The third kappa shape index (κ3) is 3.14. The largest absolute Gasteiger partial charge is 0.496 e. The summed E-state index contributed by atoms with van der Waals surface area (Å²) in [7, 11) is 1.58. The van der Waals surface area contributed by atoms with Crippen molar-refractivity contribution in [2.24, 2.45) is 0 Å². The lowest BCUT2D eigenvalue weighted by Crippen LogP contribution is -2.28. The number of nitro benzene ring substituents is 1. The quantitative estimate of drug-likeness (QED) is 0.655. The topological polar surface area (TPSA) is 64.4 Å². The van der Waals surface area contributed by atoms with Crippen LogP contribution in [0.4, 0.5) is 5.69 Å². The van der Waals surface area contributed by atoms with Crippen molar-refractivity contribution < 1.29 is 9.66 Å². The van der Waals surface area contributed by atoms with E-state index in [1.54, 1.807) is 19.2 Å². The van der Waals surface area contributed by atoms with Crippen LogP contribution in [0, 0.1) is 10.1 Å². The summed E-state index contributed by atoms with van der Waals surface area (Å²) in [5, 5.41) is 14.2. The Morgan fingerprint density at radius 2 is 2.44 bits per heavy atom. The third-order valence-electron chi connectivity index (χ3n) is 2.99. The molecule has 98 valence electrons. The van der Waals surface area contributed by atoms with E-state index in [2.05, 4.69) is 5.32 Å². The van der Waals surface area contributed by atoms with E-state index in [0.717, 1.165) is 17.7 Å². The molecule has 5 nitrogen and oxygen atoms in total. The number of non-ortho nitro benzene ring substituents is 1. The Labute approximate surface area is 110 Å². The van der Waals surface area contributed by atoms with Crippen LogP contribution in [0.1, 0.15) is 12.0 Å². The van der Waals surface area contributed by atoms with Gasteiger partial charge in [-0.15, -0.1) is 0 Å². The lowest BCUT2D eigenvalue weighted by atomic mass is 10.1. The summed E-state index contributed by atoms with van der Waals surface area (Å²) in [5.74, 6) is 2.99. The first-order valence-corrected chi connectivity index (χ1v) is 6.98. The van der Waals surface area contributed by atoms with Gasteiger partial charge in [-0.1, -0.05) is 0 Å². The number of benzene rings is 1. The second-order valence-electron chi connectivity index (χ2n) is 4.19. The van der Waals surface area contributed by atoms with Gasteiger partial charge < -0.3 is 10.1 Å². The van der Waals surface area contributed by atoms with Crippen molar-refractivity contribution in [2.75, 3.05) is 18.6 Å². The SMILES string of the molecule is COc1ccc([N+](=O)[O-])cc1CNC1CCSC1. The van der Waals surface area contributed by atoms with Crippen LogP contribution in [0.25, 0.3) is 0 Å². The number of thioether (sulfide) groups is 1. The summed E-state index contributed by atoms with van der Waals surface area (Å²) in [6.45, 7) is 0.607. The highest BCUT2D eigenvalue weighted by molar-refractivity contribution is 7.99. The molecule has 0 aromatic heterocycles. The fourth-order valence-corrected chi connectivity index (χ4v) is 3.15. The summed E-state index contributed by atoms with van der Waals surface area (Å²) in [6.07, 6.45) is 1.15. The monoisotopic (exact) mass is 268 g/mol. The van der Waals surface area contributed by atoms with Gasteiger partial charge in [0.2, 0.25) is 0 Å². The van der Waals surface area contributed by atoms with Gasteiger partial charge in [0.25, 0.3) is 5.69 Å². The molecule has 0 saturated carbocycles. The molecule has 2 rings (SSSR count). The Morgan fingerprint density at radius 3 is 3.06 bits per heavy atom. The van der Waals surface area contributed by atoms with E-state index in [4.69, 9.17) is 4.74 Å². The summed E-state index contributed by atoms with van der Waals surface area (Å²) in [5.41, 5.74) is 0.942. The maximum absolute atomic E-state index is 10.8. The second kappa shape index (κ2) is 6.06. The maximum Gasteiger partial charge on any atom is 0.270 e. The van der Waals surface area contributed by atoms with E-state index in [9.17, 15) is 10.1 Å². The number of rotatable bonds is 5. The van der Waals surface area contributed by atoms with Gasteiger partial charge in [0.1, 0.15) is 5.75 Å². The predicted octanol–water partition coefficient (Wildman–Crippen LogP) is 2.20. The zero-order valence-electron chi connectivity index (χ0n) is 10.2. The molecule has 0 spiro atoms. The Kier molecular flexibility index (Phi) is 4.43. The Hall–Kier alpha value is -1.27. The Balaban J connectivity index is 2.08. The fourth-order valence-electron chi connectivity index (χ4n) is 1.97. The highest BCUT2D eigenvalue weighted by Crippen LogP contribution is 2.25. The number of nitrogens with one attached hydrogen (secondary N) is 1. The van der Waals surface area contributed by atoms with Crippen LogP contribution in [-0.2, 0) is 6.54 Å². The van der Waals surface area contributed by atoms with Crippen LogP contribution in [0.15, 0.2) is 18.2 Å². The average Bonchev–Trinajstić information content (AvgIpc) is 2.89. The van der Waals surface area contributed by atoms with Crippen LogP contribution < -0.4 is 10.1 Å². The van der Waals surface area contributed by atoms with Crippen molar-refractivity contribution in [3.8, 4) is 5.75 Å². The van der Waals surface area contributed by atoms with E-state index < -0.39 is 0 Å². The molecule has 1 aliphatic heterocycles. The molecule has 1 aromatic rings. The number of hydrogen-bond donors (Lipinski definition) is 1. The van der Waals surface area contributed by atoms with E-state index in [1.807, 2.05) is 11.8 Å². The predicted molar refractivity (Wildman–Crippen MR) is 72.2 cm³/mol. The van der Waals surface area contributed by atoms with Gasteiger partial charge in [-0.3, -0.25) is 10.1 Å². The summed E-state index contributed by atoms with van der Waals surface area (Å²) >= 11 is 1.93. The Morgan fingerprint density at radius 1 is 1.61 bits per heavy atom. The van der Waals surface area contributed by atoms with Gasteiger partial charge in [-0.25, -0.2) is 0 Å². The molecule has 1 aromatic carbocycles. The van der Waals surface area contributed by atoms with E-state index in [0.29, 0.717) is 18.3 Å². The first-order chi connectivity index (χ1) is 8.70. The zero-order valence-corrected chi connectivity index (χ0v) is 11.0. The van der Waals surface area contributed by atoms with Crippen molar-refractivity contribution in [2.45, 2.75) is 19.0 Å². The molecule has 1 unspecified atom stereocenters. The minimum atomic E-state index is -0.381. The molecular weight excluding hydrogens is 252 g/mol. The molecule has 0 bridgehead atoms. The lowest BCUT2D eigenvalue weighted by molar-refractivity contribution is -0.384. The second-order valence-corrected chi connectivity index (χ2v) is 5.34. The van der Waals surface area contributed by atoms with Crippen molar-refractivity contribution in [1.29, 1.82) is 0 Å². The number of ether oxygens (including phenoxy) is 1. The van der Waals surface area contributed by atoms with Crippen molar-refractivity contribution in [1.82, 2.24) is 5.32 Å². The first-order valence-electron chi connectivity index (χ1n) is 5.83. The van der Waals surface area contributed by atoms with E-state index in [-0.39, 0.29) is 10.6 Å². The van der Waals surface area contributed by atoms with E-state index >= 15 is 0 Å². The summed E-state index contributed by atoms with van der Waals surface area (Å²) in [4.78, 5) is 10.4. The summed E-state index contributed by atoms with van der Waals surface area (Å²) < 4.78 is 5.23. The summed E-state index contributed by atoms with van der Waals surface area (Å²) in [6, 6.07) is 5.19. The minimum absolute atomic E-state index is 0.105. The number of nitro groups is 1. The van der Waals surface area contributed by atoms with E-state index in [1.165, 1.54) is 11.8 Å². The molecule has 6 heteroatoms. The van der Waals surface area contributed by atoms with Crippen LogP contribution in [0.2, 0.25) is 0 Å². The molecule has 1 atom stereocenters. The van der Waals surface area contributed by atoms with Crippen molar-refractivity contribution >= 4 is 17.4 Å². The van der Waals surface area contributed by atoms with Crippen LogP contribution in [-0.4, -0.2) is 29.6 Å². The Bertz CT molecular complexity index is 433. The molecule has 1 N–H and O–H groups in total. The number of hydrogen-bond acceptors (Lipinski definition) is 5.